The fraction of sp³-hybridized carbons (Fsp3) is 0.200. The molecule has 0 bridgehead atoms. The zero-order valence-corrected chi connectivity index (χ0v) is 10.3. The third kappa shape index (κ3) is 2.67. The number of nitrogens with zero attached hydrogens (tertiary/aromatic N) is 2. The zero-order chi connectivity index (χ0) is 12.8. The molecule has 0 amide bonds. The first kappa shape index (κ1) is 12.1. The molecular formula is C15H14N2O. The molecule has 3 nitrogen and oxygen atoms in total. The normalized spacial score (nSPS) is 9.78. The predicted molar refractivity (Wildman–Crippen MR) is 70.2 cm³/mol. The Balaban J connectivity index is 2.34. The number of hydrogen-bond acceptors (Lipinski definition) is 3. The van der Waals surface area contributed by atoms with Gasteiger partial charge in [-0.3, -0.25) is 4.98 Å². The zero-order valence-electron chi connectivity index (χ0n) is 10.3. The number of nitriles is 1. The Bertz CT molecular complexity index is 555. The predicted octanol–water partition coefficient (Wildman–Crippen LogP) is 3.21. The number of aromatic nitrogens is 1. The van der Waals surface area contributed by atoms with Crippen LogP contribution in [-0.2, 0) is 6.42 Å². The maximum atomic E-state index is 8.81. The molecule has 0 spiro atoms. The van der Waals surface area contributed by atoms with Crippen LogP contribution in [0.15, 0.2) is 42.6 Å². The van der Waals surface area contributed by atoms with Crippen LogP contribution in [0.4, 0.5) is 0 Å². The fourth-order valence-corrected chi connectivity index (χ4v) is 1.80. The molecule has 0 aliphatic rings. The highest BCUT2D eigenvalue weighted by Gasteiger charge is 2.05. The van der Waals surface area contributed by atoms with E-state index in [1.54, 1.807) is 6.20 Å². The molecule has 0 saturated carbocycles. The topological polar surface area (TPSA) is 45.9 Å². The molecular weight excluding hydrogens is 224 g/mol. The lowest BCUT2D eigenvalue weighted by Crippen LogP contribution is -1.93. The Morgan fingerprint density at radius 3 is 2.67 bits per heavy atom. The maximum absolute atomic E-state index is 8.81. The smallest absolute Gasteiger partial charge is 0.119 e. The van der Waals surface area contributed by atoms with Gasteiger partial charge in [-0.1, -0.05) is 6.07 Å². The summed E-state index contributed by atoms with van der Waals surface area (Å²) in [5.41, 5.74) is 2.82. The summed E-state index contributed by atoms with van der Waals surface area (Å²) in [6.07, 6.45) is 2.11. The van der Waals surface area contributed by atoms with E-state index in [-0.39, 0.29) is 0 Å². The van der Waals surface area contributed by atoms with Gasteiger partial charge in [0.1, 0.15) is 5.75 Å². The maximum Gasteiger partial charge on any atom is 0.119 e. The van der Waals surface area contributed by atoms with E-state index < -0.39 is 0 Å². The number of pyridine rings is 1. The van der Waals surface area contributed by atoms with Crippen LogP contribution in [0.3, 0.4) is 0 Å². The van der Waals surface area contributed by atoms with E-state index in [0.717, 1.165) is 22.6 Å². The van der Waals surface area contributed by atoms with E-state index in [9.17, 15) is 0 Å². The highest BCUT2D eigenvalue weighted by Crippen LogP contribution is 2.23. The molecule has 18 heavy (non-hydrogen) atoms. The summed E-state index contributed by atoms with van der Waals surface area (Å²) in [6, 6.07) is 13.7. The molecule has 0 aliphatic carbocycles. The molecule has 0 saturated heterocycles. The molecule has 1 aromatic heterocycles. The second-order valence-electron chi connectivity index (χ2n) is 3.80. The third-order valence-electron chi connectivity index (χ3n) is 2.60. The lowest BCUT2D eigenvalue weighted by molar-refractivity contribution is 0.340. The van der Waals surface area contributed by atoms with Gasteiger partial charge in [0, 0.05) is 11.8 Å². The van der Waals surface area contributed by atoms with E-state index in [4.69, 9.17) is 10.00 Å². The quantitative estimate of drug-likeness (QED) is 0.821. The number of ether oxygens (including phenoxy) is 1. The van der Waals surface area contributed by atoms with Gasteiger partial charge in [-0.15, -0.1) is 0 Å². The molecule has 0 fully saturated rings. The van der Waals surface area contributed by atoms with E-state index in [1.165, 1.54) is 0 Å². The second kappa shape index (κ2) is 5.83. The fourth-order valence-electron chi connectivity index (χ4n) is 1.80. The summed E-state index contributed by atoms with van der Waals surface area (Å²) in [6.45, 7) is 2.61. The Labute approximate surface area is 107 Å². The van der Waals surface area contributed by atoms with Gasteiger partial charge in [0.2, 0.25) is 0 Å². The first-order valence-electron chi connectivity index (χ1n) is 5.89. The van der Waals surface area contributed by atoms with Crippen LogP contribution >= 0.6 is 0 Å². The molecule has 2 aromatic rings. The van der Waals surface area contributed by atoms with Gasteiger partial charge >= 0.3 is 0 Å². The van der Waals surface area contributed by atoms with Gasteiger partial charge < -0.3 is 4.74 Å². The Morgan fingerprint density at radius 2 is 2.00 bits per heavy atom. The summed E-state index contributed by atoms with van der Waals surface area (Å²) in [7, 11) is 0. The molecule has 0 radical (unpaired) electrons. The van der Waals surface area contributed by atoms with Crippen molar-refractivity contribution < 1.29 is 4.74 Å². The van der Waals surface area contributed by atoms with Crippen molar-refractivity contribution in [3.63, 3.8) is 0 Å². The summed E-state index contributed by atoms with van der Waals surface area (Å²) in [5.74, 6) is 0.846. The molecule has 3 heteroatoms. The highest BCUT2D eigenvalue weighted by atomic mass is 16.5. The molecule has 1 aromatic carbocycles. The SMILES string of the molecule is CCOc1ccc(-c2ncccc2CC#N)cc1. The van der Waals surface area contributed by atoms with Crippen molar-refractivity contribution in [2.45, 2.75) is 13.3 Å². The molecule has 0 aliphatic heterocycles. The molecule has 0 atom stereocenters. The first-order valence-corrected chi connectivity index (χ1v) is 5.89. The summed E-state index contributed by atoms with van der Waals surface area (Å²) in [5, 5.41) is 8.81. The standard InChI is InChI=1S/C15H14N2O/c1-2-18-14-7-5-13(6-8-14)15-12(9-10-16)4-3-11-17-15/h3-8,11H,2,9H2,1H3. The van der Waals surface area contributed by atoms with Crippen LogP contribution < -0.4 is 4.74 Å². The third-order valence-corrected chi connectivity index (χ3v) is 2.60. The van der Waals surface area contributed by atoms with Crippen LogP contribution in [0.1, 0.15) is 12.5 Å². The molecule has 0 unspecified atom stereocenters. The minimum atomic E-state index is 0.371. The Morgan fingerprint density at radius 1 is 1.22 bits per heavy atom. The molecule has 1 heterocycles. The van der Waals surface area contributed by atoms with Crippen molar-refractivity contribution in [1.82, 2.24) is 4.98 Å². The van der Waals surface area contributed by atoms with Gasteiger partial charge in [0.05, 0.1) is 24.8 Å². The van der Waals surface area contributed by atoms with Crippen molar-refractivity contribution in [2.75, 3.05) is 6.61 Å². The van der Waals surface area contributed by atoms with E-state index in [0.29, 0.717) is 13.0 Å². The average Bonchev–Trinajstić information content (AvgIpc) is 2.41. The molecule has 0 N–H and O–H groups in total. The van der Waals surface area contributed by atoms with Crippen molar-refractivity contribution in [2.24, 2.45) is 0 Å². The lowest BCUT2D eigenvalue weighted by atomic mass is 10.0. The van der Waals surface area contributed by atoms with Crippen LogP contribution in [0, 0.1) is 11.3 Å². The summed E-state index contributed by atoms with van der Waals surface area (Å²) in [4.78, 5) is 4.35. The van der Waals surface area contributed by atoms with E-state index >= 15 is 0 Å². The van der Waals surface area contributed by atoms with Gasteiger partial charge in [0.25, 0.3) is 0 Å². The Hall–Kier alpha value is -2.34. The van der Waals surface area contributed by atoms with Crippen molar-refractivity contribution >= 4 is 0 Å². The van der Waals surface area contributed by atoms with Gasteiger partial charge in [-0.2, -0.15) is 5.26 Å². The number of benzene rings is 1. The van der Waals surface area contributed by atoms with Crippen LogP contribution in [0.5, 0.6) is 5.75 Å². The van der Waals surface area contributed by atoms with Crippen molar-refractivity contribution in [1.29, 1.82) is 5.26 Å². The van der Waals surface area contributed by atoms with E-state index in [1.807, 2.05) is 43.3 Å². The molecule has 90 valence electrons. The molecule has 2 rings (SSSR count). The van der Waals surface area contributed by atoms with Crippen LogP contribution in [0.25, 0.3) is 11.3 Å². The Kier molecular flexibility index (Phi) is 3.93. The number of hydrogen-bond donors (Lipinski definition) is 0. The summed E-state index contributed by atoms with van der Waals surface area (Å²) >= 11 is 0. The van der Waals surface area contributed by atoms with Crippen LogP contribution in [0.2, 0.25) is 0 Å². The number of rotatable bonds is 4. The van der Waals surface area contributed by atoms with Gasteiger partial charge in [-0.05, 0) is 42.8 Å². The highest BCUT2D eigenvalue weighted by molar-refractivity contribution is 5.64. The second-order valence-corrected chi connectivity index (χ2v) is 3.80. The van der Waals surface area contributed by atoms with Crippen LogP contribution in [-0.4, -0.2) is 11.6 Å². The average molecular weight is 238 g/mol. The van der Waals surface area contributed by atoms with Crippen molar-refractivity contribution in [3.8, 4) is 23.1 Å². The van der Waals surface area contributed by atoms with Gasteiger partial charge in [-0.25, -0.2) is 0 Å². The minimum absolute atomic E-state index is 0.371. The van der Waals surface area contributed by atoms with Crippen molar-refractivity contribution in [3.05, 3.63) is 48.2 Å². The van der Waals surface area contributed by atoms with E-state index in [2.05, 4.69) is 11.1 Å². The first-order chi connectivity index (χ1) is 8.85. The minimum Gasteiger partial charge on any atom is -0.494 e. The lowest BCUT2D eigenvalue weighted by Gasteiger charge is -2.07. The largest absolute Gasteiger partial charge is 0.494 e. The summed E-state index contributed by atoms with van der Waals surface area (Å²) < 4.78 is 5.40. The van der Waals surface area contributed by atoms with Gasteiger partial charge in [0.15, 0.2) is 0 Å². The monoisotopic (exact) mass is 238 g/mol.